The minimum absolute atomic E-state index is 0.330. The first-order valence-electron chi connectivity index (χ1n) is 8.94. The van der Waals surface area contributed by atoms with Crippen molar-refractivity contribution in [3.05, 3.63) is 23.3 Å². The van der Waals surface area contributed by atoms with Crippen LogP contribution in [0.1, 0.15) is 42.9 Å². The molecular weight excluding hydrogens is 288 g/mol. The Kier molecular flexibility index (Phi) is 3.98. The van der Waals surface area contributed by atoms with Crippen LogP contribution in [-0.2, 0) is 6.42 Å². The van der Waals surface area contributed by atoms with Crippen molar-refractivity contribution < 1.29 is 9.47 Å². The van der Waals surface area contributed by atoms with Gasteiger partial charge in [-0.15, -0.1) is 0 Å². The summed E-state index contributed by atoms with van der Waals surface area (Å²) in [6, 6.07) is 5.12. The first-order chi connectivity index (χ1) is 11.2. The molecule has 2 heterocycles. The zero-order valence-corrected chi connectivity index (χ0v) is 14.3. The molecule has 0 unspecified atom stereocenters. The maximum atomic E-state index is 6.56. The van der Waals surface area contributed by atoms with Crippen LogP contribution in [0.3, 0.4) is 0 Å². The van der Waals surface area contributed by atoms with Crippen molar-refractivity contribution in [1.29, 1.82) is 0 Å². The van der Waals surface area contributed by atoms with Gasteiger partial charge in [0.2, 0.25) is 0 Å². The molecule has 1 aromatic carbocycles. The van der Waals surface area contributed by atoms with E-state index in [1.807, 2.05) is 0 Å². The molecule has 4 heteroatoms. The first kappa shape index (κ1) is 15.3. The van der Waals surface area contributed by atoms with E-state index in [1.165, 1.54) is 30.4 Å². The van der Waals surface area contributed by atoms with Crippen molar-refractivity contribution in [3.63, 3.8) is 0 Å². The van der Waals surface area contributed by atoms with Crippen LogP contribution in [0, 0.1) is 11.8 Å². The monoisotopic (exact) mass is 316 g/mol. The molecule has 4 nitrogen and oxygen atoms in total. The maximum absolute atomic E-state index is 6.56. The molecule has 126 valence electrons. The lowest BCUT2D eigenvalue weighted by molar-refractivity contribution is 0.0769. The minimum atomic E-state index is 0.330. The van der Waals surface area contributed by atoms with Gasteiger partial charge in [0.25, 0.3) is 0 Å². The fourth-order valence-electron chi connectivity index (χ4n) is 4.49. The van der Waals surface area contributed by atoms with Crippen LogP contribution in [0.4, 0.5) is 0 Å². The van der Waals surface area contributed by atoms with Gasteiger partial charge in [-0.2, -0.15) is 0 Å². The van der Waals surface area contributed by atoms with E-state index in [-0.39, 0.29) is 0 Å². The third-order valence-electron chi connectivity index (χ3n) is 6.02. The third kappa shape index (κ3) is 2.83. The maximum Gasteiger partial charge on any atom is 0.161 e. The SMILES string of the molecule is COc1cc2c(cc1OC)[C@H]1C[C@H](N)[C@H](CC3CC3)CN1CC2. The highest BCUT2D eigenvalue weighted by Crippen LogP contribution is 2.45. The van der Waals surface area contributed by atoms with Crippen molar-refractivity contribution in [2.24, 2.45) is 17.6 Å². The number of benzene rings is 1. The fourth-order valence-corrected chi connectivity index (χ4v) is 4.49. The summed E-state index contributed by atoms with van der Waals surface area (Å²) in [6.07, 6.45) is 6.35. The highest BCUT2D eigenvalue weighted by molar-refractivity contribution is 5.49. The molecule has 2 fully saturated rings. The summed E-state index contributed by atoms with van der Waals surface area (Å²) in [4.78, 5) is 2.66. The van der Waals surface area contributed by atoms with Crippen LogP contribution in [0.2, 0.25) is 0 Å². The van der Waals surface area contributed by atoms with Gasteiger partial charge in [-0.05, 0) is 54.4 Å². The second-order valence-corrected chi connectivity index (χ2v) is 7.51. The van der Waals surface area contributed by atoms with Crippen LogP contribution in [0.25, 0.3) is 0 Å². The Balaban J connectivity index is 1.59. The van der Waals surface area contributed by atoms with E-state index in [1.54, 1.807) is 14.2 Å². The molecule has 0 amide bonds. The Labute approximate surface area is 138 Å². The van der Waals surface area contributed by atoms with Gasteiger partial charge in [0.15, 0.2) is 11.5 Å². The Morgan fingerprint density at radius 3 is 2.61 bits per heavy atom. The molecule has 3 atom stereocenters. The van der Waals surface area contributed by atoms with Crippen molar-refractivity contribution in [3.8, 4) is 11.5 Å². The summed E-state index contributed by atoms with van der Waals surface area (Å²) in [5.74, 6) is 3.32. The highest BCUT2D eigenvalue weighted by atomic mass is 16.5. The van der Waals surface area contributed by atoms with Crippen LogP contribution in [0.5, 0.6) is 11.5 Å². The number of rotatable bonds is 4. The summed E-state index contributed by atoms with van der Waals surface area (Å²) >= 11 is 0. The number of nitrogens with zero attached hydrogens (tertiary/aromatic N) is 1. The highest BCUT2D eigenvalue weighted by Gasteiger charge is 2.39. The van der Waals surface area contributed by atoms with Gasteiger partial charge in [-0.3, -0.25) is 4.90 Å². The summed E-state index contributed by atoms with van der Waals surface area (Å²) < 4.78 is 11.0. The van der Waals surface area contributed by atoms with E-state index < -0.39 is 0 Å². The predicted octanol–water partition coefficient (Wildman–Crippen LogP) is 2.75. The minimum Gasteiger partial charge on any atom is -0.493 e. The van der Waals surface area contributed by atoms with Crippen molar-refractivity contribution in [2.75, 3.05) is 27.3 Å². The topological polar surface area (TPSA) is 47.7 Å². The molecule has 1 aromatic rings. The van der Waals surface area contributed by atoms with Crippen LogP contribution < -0.4 is 15.2 Å². The standard InChI is InChI=1S/C19H28N2O2/c1-22-18-8-13-5-6-21-11-14(7-12-3-4-12)16(20)10-17(21)15(13)9-19(18)23-2/h8-9,12,14,16-17H,3-7,10-11,20H2,1-2H3/t14-,16+,17-/m1/s1. The van der Waals surface area contributed by atoms with E-state index in [0.29, 0.717) is 18.0 Å². The lowest BCUT2D eigenvalue weighted by Crippen LogP contribution is -2.51. The summed E-state index contributed by atoms with van der Waals surface area (Å²) in [5.41, 5.74) is 9.36. The molecule has 2 N–H and O–H groups in total. The lowest BCUT2D eigenvalue weighted by Gasteiger charge is -2.46. The number of methoxy groups -OCH3 is 2. The summed E-state index contributed by atoms with van der Waals surface area (Å²) in [5, 5.41) is 0. The molecule has 3 aliphatic rings. The normalized spacial score (nSPS) is 30.5. The predicted molar refractivity (Wildman–Crippen MR) is 91.0 cm³/mol. The number of fused-ring (bicyclic) bond motifs is 3. The molecule has 1 saturated heterocycles. The largest absolute Gasteiger partial charge is 0.493 e. The van der Waals surface area contributed by atoms with Crippen molar-refractivity contribution in [1.82, 2.24) is 4.90 Å². The average molecular weight is 316 g/mol. The van der Waals surface area contributed by atoms with Gasteiger partial charge in [0.05, 0.1) is 14.2 Å². The number of hydrogen-bond donors (Lipinski definition) is 1. The Hall–Kier alpha value is -1.26. The van der Waals surface area contributed by atoms with E-state index in [4.69, 9.17) is 15.2 Å². The van der Waals surface area contributed by atoms with E-state index in [9.17, 15) is 0 Å². The van der Waals surface area contributed by atoms with Gasteiger partial charge < -0.3 is 15.2 Å². The molecule has 1 aliphatic carbocycles. The number of nitrogens with two attached hydrogens (primary N) is 1. The Morgan fingerprint density at radius 1 is 1.17 bits per heavy atom. The lowest BCUT2D eigenvalue weighted by atomic mass is 9.79. The van der Waals surface area contributed by atoms with Crippen LogP contribution in [-0.4, -0.2) is 38.3 Å². The van der Waals surface area contributed by atoms with Gasteiger partial charge in [0.1, 0.15) is 0 Å². The van der Waals surface area contributed by atoms with Gasteiger partial charge >= 0.3 is 0 Å². The average Bonchev–Trinajstić information content (AvgIpc) is 3.38. The fraction of sp³-hybridized carbons (Fsp3) is 0.684. The Morgan fingerprint density at radius 2 is 1.91 bits per heavy atom. The molecule has 2 aliphatic heterocycles. The van der Waals surface area contributed by atoms with Crippen LogP contribution in [0.15, 0.2) is 12.1 Å². The second kappa shape index (κ2) is 5.99. The van der Waals surface area contributed by atoms with Gasteiger partial charge in [-0.1, -0.05) is 12.8 Å². The van der Waals surface area contributed by atoms with Crippen molar-refractivity contribution in [2.45, 2.75) is 44.2 Å². The molecule has 0 aromatic heterocycles. The third-order valence-corrected chi connectivity index (χ3v) is 6.02. The van der Waals surface area contributed by atoms with Gasteiger partial charge in [0, 0.05) is 25.2 Å². The second-order valence-electron chi connectivity index (χ2n) is 7.51. The van der Waals surface area contributed by atoms with Crippen molar-refractivity contribution >= 4 is 0 Å². The van der Waals surface area contributed by atoms with E-state index in [2.05, 4.69) is 17.0 Å². The number of ether oxygens (including phenoxy) is 2. The van der Waals surface area contributed by atoms with Crippen LogP contribution >= 0.6 is 0 Å². The molecule has 1 saturated carbocycles. The molecular formula is C19H28N2O2. The van der Waals surface area contributed by atoms with Gasteiger partial charge in [-0.25, -0.2) is 0 Å². The summed E-state index contributed by atoms with van der Waals surface area (Å²) in [7, 11) is 3.42. The zero-order chi connectivity index (χ0) is 16.0. The number of piperidine rings is 1. The van der Waals surface area contributed by atoms with E-state index >= 15 is 0 Å². The number of hydrogen-bond acceptors (Lipinski definition) is 4. The molecule has 0 spiro atoms. The zero-order valence-electron chi connectivity index (χ0n) is 14.3. The molecule has 4 rings (SSSR count). The molecule has 0 bridgehead atoms. The van der Waals surface area contributed by atoms with E-state index in [0.717, 1.165) is 43.3 Å². The molecule has 23 heavy (non-hydrogen) atoms. The smallest absolute Gasteiger partial charge is 0.161 e. The summed E-state index contributed by atoms with van der Waals surface area (Å²) in [6.45, 7) is 2.30. The quantitative estimate of drug-likeness (QED) is 0.928. The first-order valence-corrected chi connectivity index (χ1v) is 8.94. The Bertz CT molecular complexity index is 585. The molecule has 0 radical (unpaired) electrons.